The Morgan fingerprint density at radius 2 is 1.46 bits per heavy atom. The maximum atomic E-state index is 4.74. The third kappa shape index (κ3) is 6.15. The molecule has 0 heterocycles. The van der Waals surface area contributed by atoms with Crippen molar-refractivity contribution in [3.8, 4) is 0 Å². The van der Waals surface area contributed by atoms with Gasteiger partial charge in [0.15, 0.2) is 5.96 Å². The Hall–Kier alpha value is -1.56. The van der Waals surface area contributed by atoms with Gasteiger partial charge in [0.2, 0.25) is 0 Å². The largest absolute Gasteiger partial charge is 0.357 e. The number of hydrogen-bond donors (Lipinski definition) is 1. The molecule has 0 aliphatic carbocycles. The first-order valence-corrected chi connectivity index (χ1v) is 8.28. The van der Waals surface area contributed by atoms with Crippen LogP contribution in [0.25, 0.3) is 0 Å². The minimum absolute atomic E-state index is 0. The average molecular weight is 437 g/mol. The Labute approximate surface area is 163 Å². The van der Waals surface area contributed by atoms with Gasteiger partial charge in [-0.1, -0.05) is 60.7 Å². The smallest absolute Gasteiger partial charge is 0.193 e. The average Bonchev–Trinajstić information content (AvgIpc) is 2.59. The monoisotopic (exact) mass is 437 g/mol. The molecule has 0 aliphatic rings. The molecule has 2 rings (SSSR count). The molecule has 4 heteroatoms. The SMILES string of the molecule is CCNC(=NCCC(c1ccccc1)c1ccccc1)N(C)C.I. The van der Waals surface area contributed by atoms with Crippen LogP contribution in [0.15, 0.2) is 65.7 Å². The first-order chi connectivity index (χ1) is 11.2. The first kappa shape index (κ1) is 20.5. The molecule has 130 valence electrons. The predicted octanol–water partition coefficient (Wildman–Crippen LogP) is 4.35. The lowest BCUT2D eigenvalue weighted by molar-refractivity contribution is 0.580. The highest BCUT2D eigenvalue weighted by Crippen LogP contribution is 2.27. The summed E-state index contributed by atoms with van der Waals surface area (Å²) in [6.45, 7) is 3.78. The summed E-state index contributed by atoms with van der Waals surface area (Å²) >= 11 is 0. The second-order valence-corrected chi connectivity index (χ2v) is 5.79. The lowest BCUT2D eigenvalue weighted by Gasteiger charge is -2.19. The summed E-state index contributed by atoms with van der Waals surface area (Å²) in [7, 11) is 4.04. The van der Waals surface area contributed by atoms with E-state index < -0.39 is 0 Å². The predicted molar refractivity (Wildman–Crippen MR) is 114 cm³/mol. The van der Waals surface area contributed by atoms with Crippen LogP contribution in [0.3, 0.4) is 0 Å². The van der Waals surface area contributed by atoms with Crippen LogP contribution in [-0.2, 0) is 0 Å². The summed E-state index contributed by atoms with van der Waals surface area (Å²) in [5.74, 6) is 1.33. The van der Waals surface area contributed by atoms with E-state index in [4.69, 9.17) is 4.99 Å². The summed E-state index contributed by atoms with van der Waals surface area (Å²) in [6, 6.07) is 21.4. The second kappa shape index (κ2) is 11.1. The molecular weight excluding hydrogens is 409 g/mol. The van der Waals surface area contributed by atoms with Crippen LogP contribution in [0.1, 0.15) is 30.4 Å². The fourth-order valence-corrected chi connectivity index (χ4v) is 2.71. The van der Waals surface area contributed by atoms with Crippen molar-refractivity contribution < 1.29 is 0 Å². The lowest BCUT2D eigenvalue weighted by Crippen LogP contribution is -2.36. The van der Waals surface area contributed by atoms with E-state index in [0.717, 1.165) is 25.5 Å². The van der Waals surface area contributed by atoms with Crippen molar-refractivity contribution in [1.29, 1.82) is 0 Å². The number of nitrogens with one attached hydrogen (secondary N) is 1. The van der Waals surface area contributed by atoms with E-state index in [1.807, 2.05) is 19.0 Å². The number of rotatable bonds is 6. The van der Waals surface area contributed by atoms with Crippen LogP contribution >= 0.6 is 24.0 Å². The molecule has 1 N–H and O–H groups in total. The van der Waals surface area contributed by atoms with E-state index in [1.165, 1.54) is 11.1 Å². The molecule has 3 nitrogen and oxygen atoms in total. The van der Waals surface area contributed by atoms with Crippen molar-refractivity contribution in [3.63, 3.8) is 0 Å². The van der Waals surface area contributed by atoms with Crippen molar-refractivity contribution in [1.82, 2.24) is 10.2 Å². The van der Waals surface area contributed by atoms with Crippen LogP contribution in [0, 0.1) is 0 Å². The van der Waals surface area contributed by atoms with Gasteiger partial charge >= 0.3 is 0 Å². The minimum Gasteiger partial charge on any atom is -0.357 e. The van der Waals surface area contributed by atoms with Crippen LogP contribution in [0.2, 0.25) is 0 Å². The normalized spacial score (nSPS) is 11.1. The van der Waals surface area contributed by atoms with E-state index in [2.05, 4.69) is 72.9 Å². The molecule has 0 atom stereocenters. The van der Waals surface area contributed by atoms with Gasteiger partial charge in [-0.15, -0.1) is 24.0 Å². The minimum atomic E-state index is 0. The summed E-state index contributed by atoms with van der Waals surface area (Å²) < 4.78 is 0. The zero-order valence-corrected chi connectivity index (χ0v) is 17.1. The van der Waals surface area contributed by atoms with Crippen molar-refractivity contribution in [3.05, 3.63) is 71.8 Å². The van der Waals surface area contributed by atoms with Gasteiger partial charge < -0.3 is 10.2 Å². The maximum Gasteiger partial charge on any atom is 0.193 e. The lowest BCUT2D eigenvalue weighted by atomic mass is 9.89. The molecule has 0 fully saturated rings. The molecular formula is C20H28IN3. The number of benzene rings is 2. The number of halogens is 1. The standard InChI is InChI=1S/C20H27N3.HI/c1-4-21-20(23(2)3)22-16-15-19(17-11-7-5-8-12-17)18-13-9-6-10-14-18;/h5-14,19H,4,15-16H2,1-3H3,(H,21,22);1H. The maximum absolute atomic E-state index is 4.74. The summed E-state index contributed by atoms with van der Waals surface area (Å²) in [6.07, 6.45) is 0.997. The topological polar surface area (TPSA) is 27.6 Å². The van der Waals surface area contributed by atoms with Gasteiger partial charge in [-0.25, -0.2) is 0 Å². The number of guanidine groups is 1. The van der Waals surface area contributed by atoms with Crippen molar-refractivity contribution in [2.24, 2.45) is 4.99 Å². The van der Waals surface area contributed by atoms with Gasteiger partial charge in [-0.05, 0) is 24.5 Å². The van der Waals surface area contributed by atoms with Gasteiger partial charge in [0.05, 0.1) is 0 Å². The quantitative estimate of drug-likeness (QED) is 0.413. The van der Waals surface area contributed by atoms with Crippen molar-refractivity contribution in [2.75, 3.05) is 27.2 Å². The molecule has 0 aromatic heterocycles. The van der Waals surface area contributed by atoms with Gasteiger partial charge in [0.1, 0.15) is 0 Å². The number of hydrogen-bond acceptors (Lipinski definition) is 1. The van der Waals surface area contributed by atoms with Gasteiger partial charge in [0, 0.05) is 33.1 Å². The van der Waals surface area contributed by atoms with Crippen LogP contribution in [-0.4, -0.2) is 38.0 Å². The molecule has 2 aromatic carbocycles. The van der Waals surface area contributed by atoms with E-state index in [-0.39, 0.29) is 24.0 Å². The Kier molecular flexibility index (Phi) is 9.45. The van der Waals surface area contributed by atoms with E-state index in [9.17, 15) is 0 Å². The summed E-state index contributed by atoms with van der Waals surface area (Å²) in [5.41, 5.74) is 2.70. The molecule has 0 bridgehead atoms. The van der Waals surface area contributed by atoms with E-state index >= 15 is 0 Å². The van der Waals surface area contributed by atoms with Crippen LogP contribution in [0.5, 0.6) is 0 Å². The molecule has 0 amide bonds. The van der Waals surface area contributed by atoms with Gasteiger partial charge in [-0.2, -0.15) is 0 Å². The van der Waals surface area contributed by atoms with Crippen molar-refractivity contribution >= 4 is 29.9 Å². The van der Waals surface area contributed by atoms with Gasteiger partial charge in [0.25, 0.3) is 0 Å². The second-order valence-electron chi connectivity index (χ2n) is 5.79. The third-order valence-corrected chi connectivity index (χ3v) is 3.84. The molecule has 0 radical (unpaired) electrons. The molecule has 2 aromatic rings. The Balaban J connectivity index is 0.00000288. The van der Waals surface area contributed by atoms with Crippen LogP contribution in [0.4, 0.5) is 0 Å². The molecule has 0 spiro atoms. The highest BCUT2D eigenvalue weighted by atomic mass is 127. The van der Waals surface area contributed by atoms with Gasteiger partial charge in [-0.3, -0.25) is 4.99 Å². The zero-order valence-electron chi connectivity index (χ0n) is 14.8. The third-order valence-electron chi connectivity index (χ3n) is 3.84. The number of nitrogens with zero attached hydrogens (tertiary/aromatic N) is 2. The number of aliphatic imine (C=N–C) groups is 1. The fraction of sp³-hybridized carbons (Fsp3) is 0.350. The molecule has 0 aliphatic heterocycles. The molecule has 0 saturated heterocycles. The highest BCUT2D eigenvalue weighted by molar-refractivity contribution is 14.0. The molecule has 0 unspecified atom stereocenters. The highest BCUT2D eigenvalue weighted by Gasteiger charge is 2.13. The first-order valence-electron chi connectivity index (χ1n) is 8.28. The summed E-state index contributed by atoms with van der Waals surface area (Å²) in [5, 5.41) is 3.31. The van der Waals surface area contributed by atoms with Crippen LogP contribution < -0.4 is 5.32 Å². The van der Waals surface area contributed by atoms with Crippen molar-refractivity contribution in [2.45, 2.75) is 19.3 Å². The van der Waals surface area contributed by atoms with E-state index in [0.29, 0.717) is 5.92 Å². The summed E-state index contributed by atoms with van der Waals surface area (Å²) in [4.78, 5) is 6.77. The Bertz CT molecular complexity index is 557. The van der Waals surface area contributed by atoms with E-state index in [1.54, 1.807) is 0 Å². The molecule has 0 saturated carbocycles. The fourth-order valence-electron chi connectivity index (χ4n) is 2.71. The Morgan fingerprint density at radius 1 is 0.958 bits per heavy atom. The zero-order chi connectivity index (χ0) is 16.5. The Morgan fingerprint density at radius 3 is 1.88 bits per heavy atom. The molecule has 24 heavy (non-hydrogen) atoms.